The molecule has 0 aliphatic heterocycles. The second kappa shape index (κ2) is 12.7. The number of benzene rings is 2. The molecule has 4 rings (SSSR count). The number of aromatic nitrogens is 3. The molecular weight excluding hydrogens is 498 g/mol. The molecule has 2 amide bonds. The molecule has 0 radical (unpaired) electrons. The Morgan fingerprint density at radius 1 is 0.971 bits per heavy atom. The van der Waals surface area contributed by atoms with Crippen LogP contribution < -0.4 is 5.32 Å². The second-order valence-corrected chi connectivity index (χ2v) is 9.44. The van der Waals surface area contributed by atoms with Crippen molar-refractivity contribution in [2.75, 3.05) is 17.8 Å². The van der Waals surface area contributed by atoms with E-state index < -0.39 is 0 Å². The lowest BCUT2D eigenvalue weighted by molar-refractivity contribution is 0.206. The number of anilines is 1. The lowest BCUT2D eigenvalue weighted by atomic mass is 10.1. The van der Waals surface area contributed by atoms with Crippen molar-refractivity contribution in [2.45, 2.75) is 29.9 Å². The molecule has 0 aliphatic carbocycles. The summed E-state index contributed by atoms with van der Waals surface area (Å²) in [5.41, 5.74) is 5.78. The highest BCUT2D eigenvalue weighted by Crippen LogP contribution is 2.34. The van der Waals surface area contributed by atoms with E-state index in [1.807, 2.05) is 85.0 Å². The summed E-state index contributed by atoms with van der Waals surface area (Å²) in [5.74, 6) is 0. The number of aromatic amines is 1. The number of carbonyl (C=O) groups excluding carboxylic acids is 1. The normalized spacial score (nSPS) is 10.5. The monoisotopic (exact) mass is 525 g/mol. The summed E-state index contributed by atoms with van der Waals surface area (Å²) in [4.78, 5) is 21.1. The minimum absolute atomic E-state index is 0. The van der Waals surface area contributed by atoms with Gasteiger partial charge in [0.25, 0.3) is 0 Å². The number of thioether (sulfide) groups is 2. The first-order valence-electron chi connectivity index (χ1n) is 10.9. The molecule has 0 fully saturated rings. The molecule has 0 saturated heterocycles. The molecule has 6 nitrogen and oxygen atoms in total. The molecule has 2 aromatic carbocycles. The number of aryl methyl sites for hydroxylation is 1. The highest BCUT2D eigenvalue weighted by molar-refractivity contribution is 7.99. The molecule has 4 aromatic rings. The first kappa shape index (κ1) is 26.7. The average Bonchev–Trinajstić information content (AvgIpc) is 3.40. The number of halogens is 1. The molecule has 35 heavy (non-hydrogen) atoms. The smallest absolute Gasteiger partial charge is 0.316 e. The van der Waals surface area contributed by atoms with Crippen LogP contribution in [0.1, 0.15) is 16.8 Å². The van der Waals surface area contributed by atoms with Crippen molar-refractivity contribution in [1.29, 1.82) is 0 Å². The van der Waals surface area contributed by atoms with E-state index in [2.05, 4.69) is 26.6 Å². The number of amides is 2. The van der Waals surface area contributed by atoms with E-state index in [1.165, 1.54) is 11.8 Å². The lowest BCUT2D eigenvalue weighted by Crippen LogP contribution is -2.34. The van der Waals surface area contributed by atoms with Crippen molar-refractivity contribution in [1.82, 2.24) is 20.1 Å². The Kier molecular flexibility index (Phi) is 9.65. The quantitative estimate of drug-likeness (QED) is 0.245. The molecule has 0 bridgehead atoms. The second-order valence-electron chi connectivity index (χ2n) is 7.79. The number of carbonyl (C=O) groups is 1. The third kappa shape index (κ3) is 6.81. The van der Waals surface area contributed by atoms with Gasteiger partial charge in [-0.15, -0.1) is 35.9 Å². The van der Waals surface area contributed by atoms with Gasteiger partial charge in [-0.3, -0.25) is 5.10 Å². The summed E-state index contributed by atoms with van der Waals surface area (Å²) in [7, 11) is 0. The lowest BCUT2D eigenvalue weighted by Gasteiger charge is -2.25. The SMILES string of the molecule is CSc1cc(C)nc(SC)c1NC(=O)N(Cc1ccccc1)Cc1cccc(-c2ccn[nH]2)c1.Cl. The molecular formula is C26H28ClN5OS2. The highest BCUT2D eigenvalue weighted by atomic mass is 35.5. The number of nitrogens with zero attached hydrogens (tertiary/aromatic N) is 3. The van der Waals surface area contributed by atoms with Gasteiger partial charge in [-0.25, -0.2) is 9.78 Å². The highest BCUT2D eigenvalue weighted by Gasteiger charge is 2.19. The van der Waals surface area contributed by atoms with E-state index in [4.69, 9.17) is 0 Å². The van der Waals surface area contributed by atoms with Crippen LogP contribution in [0, 0.1) is 6.92 Å². The Balaban J connectivity index is 0.00000342. The molecule has 0 saturated carbocycles. The fourth-order valence-corrected chi connectivity index (χ4v) is 5.01. The van der Waals surface area contributed by atoms with E-state index in [1.54, 1.807) is 18.0 Å². The zero-order valence-electron chi connectivity index (χ0n) is 19.8. The Labute approximate surface area is 220 Å². The molecule has 182 valence electrons. The van der Waals surface area contributed by atoms with Gasteiger partial charge in [0.2, 0.25) is 0 Å². The molecule has 2 aromatic heterocycles. The Morgan fingerprint density at radius 3 is 2.40 bits per heavy atom. The minimum atomic E-state index is -0.160. The summed E-state index contributed by atoms with van der Waals surface area (Å²) in [5, 5.41) is 11.0. The number of urea groups is 1. The van der Waals surface area contributed by atoms with Gasteiger partial charge in [-0.1, -0.05) is 48.5 Å². The van der Waals surface area contributed by atoms with Gasteiger partial charge in [-0.2, -0.15) is 5.10 Å². The topological polar surface area (TPSA) is 73.9 Å². The Morgan fingerprint density at radius 2 is 1.71 bits per heavy atom. The summed E-state index contributed by atoms with van der Waals surface area (Å²) in [6.07, 6.45) is 5.72. The van der Waals surface area contributed by atoms with Crippen LogP contribution in [-0.2, 0) is 13.1 Å². The standard InChI is InChI=1S/C26H27N5OS2.ClH/c1-18-14-23(33-2)24(25(28-18)34-3)29-26(32)31(16-19-8-5-4-6-9-19)17-20-10-7-11-21(15-20)22-12-13-27-30-22;/h4-15H,16-17H2,1-3H3,(H,27,30)(H,29,32);1H. The molecule has 2 N–H and O–H groups in total. The van der Waals surface area contributed by atoms with E-state index >= 15 is 0 Å². The number of hydrogen-bond donors (Lipinski definition) is 2. The number of H-pyrrole nitrogens is 1. The maximum absolute atomic E-state index is 13.6. The fourth-order valence-electron chi connectivity index (χ4n) is 3.70. The van der Waals surface area contributed by atoms with Crippen LogP contribution in [-0.4, -0.2) is 38.6 Å². The summed E-state index contributed by atoms with van der Waals surface area (Å²) in [6, 6.07) is 22.0. The summed E-state index contributed by atoms with van der Waals surface area (Å²) < 4.78 is 0. The summed E-state index contributed by atoms with van der Waals surface area (Å²) in [6.45, 7) is 2.92. The van der Waals surface area contributed by atoms with Gasteiger partial charge in [-0.05, 0) is 54.3 Å². The third-order valence-corrected chi connectivity index (χ3v) is 6.78. The van der Waals surface area contributed by atoms with Crippen molar-refractivity contribution in [3.63, 3.8) is 0 Å². The number of nitrogens with one attached hydrogen (secondary N) is 2. The number of rotatable bonds is 8. The predicted molar refractivity (Wildman–Crippen MR) is 149 cm³/mol. The van der Waals surface area contributed by atoms with Gasteiger partial charge in [0.1, 0.15) is 5.03 Å². The fraction of sp³-hybridized carbons (Fsp3) is 0.192. The van der Waals surface area contributed by atoms with Crippen LogP contribution in [0.3, 0.4) is 0 Å². The van der Waals surface area contributed by atoms with Gasteiger partial charge < -0.3 is 10.2 Å². The van der Waals surface area contributed by atoms with Crippen LogP contribution in [0.4, 0.5) is 10.5 Å². The molecule has 9 heteroatoms. The zero-order valence-corrected chi connectivity index (χ0v) is 22.3. The van der Waals surface area contributed by atoms with Gasteiger partial charge in [0.05, 0.1) is 11.4 Å². The maximum Gasteiger partial charge on any atom is 0.322 e. The summed E-state index contributed by atoms with van der Waals surface area (Å²) >= 11 is 3.14. The predicted octanol–water partition coefficient (Wildman–Crippen LogP) is 6.88. The van der Waals surface area contributed by atoms with Gasteiger partial charge in [0, 0.05) is 29.9 Å². The van der Waals surface area contributed by atoms with Crippen LogP contribution in [0.5, 0.6) is 0 Å². The van der Waals surface area contributed by atoms with Crippen molar-refractivity contribution in [3.8, 4) is 11.3 Å². The van der Waals surface area contributed by atoms with Crippen LogP contribution in [0.25, 0.3) is 11.3 Å². The largest absolute Gasteiger partial charge is 0.322 e. The van der Waals surface area contributed by atoms with Crippen LogP contribution >= 0.6 is 35.9 Å². The van der Waals surface area contributed by atoms with Crippen molar-refractivity contribution in [3.05, 3.63) is 89.7 Å². The van der Waals surface area contributed by atoms with Gasteiger partial charge in [0.15, 0.2) is 0 Å². The van der Waals surface area contributed by atoms with E-state index in [9.17, 15) is 4.79 Å². The van der Waals surface area contributed by atoms with Crippen molar-refractivity contribution < 1.29 is 4.79 Å². The number of pyridine rings is 1. The zero-order chi connectivity index (χ0) is 23.9. The molecule has 0 unspecified atom stereocenters. The van der Waals surface area contributed by atoms with Crippen molar-refractivity contribution in [2.24, 2.45) is 0 Å². The number of hydrogen-bond acceptors (Lipinski definition) is 5. The Bertz CT molecular complexity index is 1230. The maximum atomic E-state index is 13.6. The first-order chi connectivity index (χ1) is 16.6. The minimum Gasteiger partial charge on any atom is -0.316 e. The molecule has 0 atom stereocenters. The first-order valence-corrected chi connectivity index (χ1v) is 13.3. The third-order valence-electron chi connectivity index (χ3n) is 5.34. The molecule has 2 heterocycles. The van der Waals surface area contributed by atoms with Crippen LogP contribution in [0.15, 0.2) is 82.8 Å². The average molecular weight is 526 g/mol. The van der Waals surface area contributed by atoms with E-state index in [0.29, 0.717) is 13.1 Å². The van der Waals surface area contributed by atoms with E-state index in [0.717, 1.165) is 43.7 Å². The van der Waals surface area contributed by atoms with Crippen LogP contribution in [0.2, 0.25) is 0 Å². The molecule has 0 aliphatic rings. The van der Waals surface area contributed by atoms with Crippen molar-refractivity contribution >= 4 is 47.6 Å². The van der Waals surface area contributed by atoms with E-state index in [-0.39, 0.29) is 18.4 Å². The molecule has 0 spiro atoms. The van der Waals surface area contributed by atoms with Gasteiger partial charge >= 0.3 is 6.03 Å². The Hall–Kier alpha value is -2.94.